The van der Waals surface area contributed by atoms with Gasteiger partial charge >= 0.3 is 0 Å². The molecular formula is C13H14N2O3. The fourth-order valence-electron chi connectivity index (χ4n) is 1.54. The summed E-state index contributed by atoms with van der Waals surface area (Å²) in [6.07, 6.45) is 4.99. The van der Waals surface area contributed by atoms with Gasteiger partial charge in [-0.1, -0.05) is 0 Å². The summed E-state index contributed by atoms with van der Waals surface area (Å²) in [6.45, 7) is 0.298. The number of methoxy groups -OCH3 is 2. The molecule has 0 aliphatic rings. The first-order valence-electron chi connectivity index (χ1n) is 5.44. The van der Waals surface area contributed by atoms with Crippen LogP contribution in [0.2, 0.25) is 0 Å². The van der Waals surface area contributed by atoms with Gasteiger partial charge in [0.15, 0.2) is 11.5 Å². The largest absolute Gasteiger partial charge is 0.493 e. The average molecular weight is 246 g/mol. The van der Waals surface area contributed by atoms with Crippen molar-refractivity contribution in [2.75, 3.05) is 14.2 Å². The van der Waals surface area contributed by atoms with E-state index in [-0.39, 0.29) is 0 Å². The van der Waals surface area contributed by atoms with E-state index in [0.29, 0.717) is 29.5 Å². The van der Waals surface area contributed by atoms with E-state index in [4.69, 9.17) is 14.2 Å². The van der Waals surface area contributed by atoms with Crippen LogP contribution in [-0.2, 0) is 6.61 Å². The topological polar surface area (TPSA) is 53.5 Å². The number of hydrogen-bond acceptors (Lipinski definition) is 5. The van der Waals surface area contributed by atoms with E-state index >= 15 is 0 Å². The van der Waals surface area contributed by atoms with Crippen LogP contribution in [0.15, 0.2) is 36.8 Å². The highest BCUT2D eigenvalue weighted by molar-refractivity contribution is 5.42. The molecule has 5 heteroatoms. The van der Waals surface area contributed by atoms with Crippen LogP contribution in [0.3, 0.4) is 0 Å². The van der Waals surface area contributed by atoms with Gasteiger partial charge in [0.25, 0.3) is 0 Å². The van der Waals surface area contributed by atoms with E-state index in [2.05, 4.69) is 9.97 Å². The molecule has 0 N–H and O–H groups in total. The highest BCUT2D eigenvalue weighted by Crippen LogP contribution is 2.29. The summed E-state index contributed by atoms with van der Waals surface area (Å²) in [4.78, 5) is 8.19. The second-order valence-electron chi connectivity index (χ2n) is 3.47. The van der Waals surface area contributed by atoms with Gasteiger partial charge in [-0.2, -0.15) is 0 Å². The summed E-state index contributed by atoms with van der Waals surface area (Å²) in [5.74, 6) is 1.91. The molecule has 0 aliphatic carbocycles. The van der Waals surface area contributed by atoms with Crippen LogP contribution in [0.1, 0.15) is 5.69 Å². The molecule has 0 amide bonds. The molecule has 94 valence electrons. The molecule has 0 spiro atoms. The average Bonchev–Trinajstić information content (AvgIpc) is 2.45. The van der Waals surface area contributed by atoms with Crippen molar-refractivity contribution in [3.05, 3.63) is 42.5 Å². The van der Waals surface area contributed by atoms with Crippen molar-refractivity contribution >= 4 is 0 Å². The molecule has 0 fully saturated rings. The van der Waals surface area contributed by atoms with Crippen LogP contribution in [0.5, 0.6) is 17.2 Å². The van der Waals surface area contributed by atoms with Crippen LogP contribution in [0, 0.1) is 0 Å². The fraction of sp³-hybridized carbons (Fsp3) is 0.231. The van der Waals surface area contributed by atoms with Crippen LogP contribution >= 0.6 is 0 Å². The third-order valence-corrected chi connectivity index (χ3v) is 2.38. The molecule has 0 atom stereocenters. The predicted molar refractivity (Wildman–Crippen MR) is 65.9 cm³/mol. The van der Waals surface area contributed by atoms with Gasteiger partial charge in [-0.25, -0.2) is 0 Å². The second-order valence-corrected chi connectivity index (χ2v) is 3.47. The normalized spacial score (nSPS) is 9.89. The lowest BCUT2D eigenvalue weighted by molar-refractivity contribution is 0.284. The Morgan fingerprint density at radius 1 is 1.11 bits per heavy atom. The van der Waals surface area contributed by atoms with Gasteiger partial charge in [-0.05, 0) is 12.1 Å². The van der Waals surface area contributed by atoms with E-state index in [1.165, 1.54) is 0 Å². The lowest BCUT2D eigenvalue weighted by Crippen LogP contribution is -2.03. The molecule has 0 radical (unpaired) electrons. The quantitative estimate of drug-likeness (QED) is 0.808. The van der Waals surface area contributed by atoms with Gasteiger partial charge in [0.05, 0.1) is 20.4 Å². The third-order valence-electron chi connectivity index (χ3n) is 2.38. The highest BCUT2D eigenvalue weighted by Gasteiger charge is 2.11. The molecule has 2 heterocycles. The third kappa shape index (κ3) is 2.68. The molecule has 0 unspecified atom stereocenters. The van der Waals surface area contributed by atoms with E-state index in [1.54, 1.807) is 38.9 Å². The predicted octanol–water partition coefficient (Wildman–Crippen LogP) is 2.07. The first-order valence-corrected chi connectivity index (χ1v) is 5.44. The summed E-state index contributed by atoms with van der Waals surface area (Å²) in [5.41, 5.74) is 0.681. The van der Waals surface area contributed by atoms with Gasteiger partial charge in [0.2, 0.25) is 0 Å². The van der Waals surface area contributed by atoms with Crippen LogP contribution in [0.4, 0.5) is 0 Å². The number of rotatable bonds is 5. The van der Waals surface area contributed by atoms with E-state index < -0.39 is 0 Å². The van der Waals surface area contributed by atoms with Gasteiger partial charge in [-0.3, -0.25) is 9.97 Å². The molecule has 0 saturated carbocycles. The maximum atomic E-state index is 5.57. The molecular weight excluding hydrogens is 232 g/mol. The Bertz CT molecular complexity index is 503. The van der Waals surface area contributed by atoms with Crippen molar-refractivity contribution in [1.82, 2.24) is 9.97 Å². The van der Waals surface area contributed by atoms with Crippen molar-refractivity contribution in [1.29, 1.82) is 0 Å². The van der Waals surface area contributed by atoms with Crippen molar-refractivity contribution in [3.63, 3.8) is 0 Å². The lowest BCUT2D eigenvalue weighted by atomic mass is 10.3. The zero-order chi connectivity index (χ0) is 12.8. The molecule has 0 bridgehead atoms. The van der Waals surface area contributed by atoms with Crippen LogP contribution in [0.25, 0.3) is 0 Å². The first kappa shape index (κ1) is 12.2. The zero-order valence-electron chi connectivity index (χ0n) is 10.3. The minimum Gasteiger partial charge on any atom is -0.493 e. The van der Waals surface area contributed by atoms with Crippen LogP contribution in [-0.4, -0.2) is 24.2 Å². The molecule has 0 aromatic carbocycles. The van der Waals surface area contributed by atoms with Gasteiger partial charge < -0.3 is 14.2 Å². The van der Waals surface area contributed by atoms with Crippen molar-refractivity contribution in [2.45, 2.75) is 6.61 Å². The summed E-state index contributed by atoms with van der Waals surface area (Å²) < 4.78 is 16.0. The minimum atomic E-state index is 0.298. The number of hydrogen-bond donors (Lipinski definition) is 0. The van der Waals surface area contributed by atoms with E-state index in [9.17, 15) is 0 Å². The Kier molecular flexibility index (Phi) is 3.96. The zero-order valence-corrected chi connectivity index (χ0v) is 10.3. The summed E-state index contributed by atoms with van der Waals surface area (Å²) in [7, 11) is 3.16. The number of aromatic nitrogens is 2. The first-order chi connectivity index (χ1) is 8.85. The van der Waals surface area contributed by atoms with E-state index in [1.807, 2.05) is 12.1 Å². The minimum absolute atomic E-state index is 0.298. The lowest BCUT2D eigenvalue weighted by Gasteiger charge is -2.12. The van der Waals surface area contributed by atoms with Gasteiger partial charge in [0, 0.05) is 18.5 Å². The molecule has 2 aromatic rings. The maximum absolute atomic E-state index is 5.57. The molecule has 18 heavy (non-hydrogen) atoms. The molecule has 0 aliphatic heterocycles. The smallest absolute Gasteiger partial charge is 0.185 e. The summed E-state index contributed by atoms with van der Waals surface area (Å²) in [5, 5.41) is 0. The number of nitrogens with zero attached hydrogens (tertiary/aromatic N) is 2. The van der Waals surface area contributed by atoms with Crippen molar-refractivity contribution in [2.24, 2.45) is 0 Å². The van der Waals surface area contributed by atoms with Gasteiger partial charge in [0.1, 0.15) is 18.1 Å². The molecule has 5 nitrogen and oxygen atoms in total. The monoisotopic (exact) mass is 246 g/mol. The van der Waals surface area contributed by atoms with Gasteiger partial charge in [-0.15, -0.1) is 0 Å². The Balaban J connectivity index is 2.14. The molecule has 2 rings (SSSR count). The standard InChI is InChI=1S/C13H14N2O3/c1-16-12-5-7-15-11(13(12)17-2)9-18-10-4-3-6-14-8-10/h3-8H,9H2,1-2H3. The Hall–Kier alpha value is -2.30. The summed E-state index contributed by atoms with van der Waals surface area (Å²) in [6, 6.07) is 5.39. The Labute approximate surface area is 105 Å². The second kappa shape index (κ2) is 5.86. The Morgan fingerprint density at radius 3 is 2.67 bits per heavy atom. The highest BCUT2D eigenvalue weighted by atomic mass is 16.5. The number of pyridine rings is 2. The molecule has 2 aromatic heterocycles. The molecule has 0 saturated heterocycles. The summed E-state index contributed by atoms with van der Waals surface area (Å²) >= 11 is 0. The van der Waals surface area contributed by atoms with Crippen molar-refractivity contribution in [3.8, 4) is 17.2 Å². The van der Waals surface area contributed by atoms with E-state index in [0.717, 1.165) is 0 Å². The SMILES string of the molecule is COc1ccnc(COc2cccnc2)c1OC. The van der Waals surface area contributed by atoms with Crippen molar-refractivity contribution < 1.29 is 14.2 Å². The van der Waals surface area contributed by atoms with Crippen LogP contribution < -0.4 is 14.2 Å². The fourth-order valence-corrected chi connectivity index (χ4v) is 1.54. The number of ether oxygens (including phenoxy) is 3. The maximum Gasteiger partial charge on any atom is 0.185 e. The Morgan fingerprint density at radius 2 is 2.00 bits per heavy atom.